The lowest BCUT2D eigenvalue weighted by molar-refractivity contribution is 0.171. The summed E-state index contributed by atoms with van der Waals surface area (Å²) in [7, 11) is 0. The van der Waals surface area contributed by atoms with Gasteiger partial charge < -0.3 is 14.8 Å². The zero-order chi connectivity index (χ0) is 15.6. The number of rotatable bonds is 4. The molecule has 1 aromatic heterocycles. The van der Waals surface area contributed by atoms with Gasteiger partial charge in [0, 0.05) is 0 Å². The highest BCUT2D eigenvalue weighted by molar-refractivity contribution is 5.48. The van der Waals surface area contributed by atoms with Gasteiger partial charge in [-0.15, -0.1) is 0 Å². The number of aromatic nitrogens is 1. The van der Waals surface area contributed by atoms with Crippen LogP contribution < -0.4 is 14.8 Å². The van der Waals surface area contributed by atoms with Crippen LogP contribution in [-0.4, -0.2) is 18.2 Å². The summed E-state index contributed by atoms with van der Waals surface area (Å²) >= 11 is 0. The molecular weight excluding hydrogens is 290 g/mol. The Balaban J connectivity index is 1.62. The molecule has 2 heterocycles. The van der Waals surface area contributed by atoms with Crippen molar-refractivity contribution in [3.63, 3.8) is 0 Å². The summed E-state index contributed by atoms with van der Waals surface area (Å²) in [6, 6.07) is 13.8. The summed E-state index contributed by atoms with van der Waals surface area (Å²) in [5, 5.41) is 12.5. The summed E-state index contributed by atoms with van der Waals surface area (Å²) in [6.45, 7) is 1.19. The highest BCUT2D eigenvalue weighted by Gasteiger charge is 2.33. The molecule has 0 amide bonds. The van der Waals surface area contributed by atoms with Crippen molar-refractivity contribution in [2.75, 3.05) is 18.5 Å². The topological polar surface area (TPSA) is 67.2 Å². The smallest absolute Gasteiger partial charge is 0.161 e. The van der Waals surface area contributed by atoms with Gasteiger partial charge in [-0.2, -0.15) is 5.26 Å². The molecule has 1 unspecified atom stereocenters. The molecular formula is C18H17N3O2. The molecule has 1 N–H and O–H groups in total. The summed E-state index contributed by atoms with van der Waals surface area (Å²) < 4.78 is 11.3. The Morgan fingerprint density at radius 3 is 2.74 bits per heavy atom. The van der Waals surface area contributed by atoms with E-state index in [-0.39, 0.29) is 6.04 Å². The fourth-order valence-corrected chi connectivity index (χ4v) is 2.89. The number of nitrogens with one attached hydrogen (secondary N) is 1. The second-order valence-corrected chi connectivity index (χ2v) is 5.88. The third kappa shape index (κ3) is 2.93. The Kier molecular flexibility index (Phi) is 3.51. The van der Waals surface area contributed by atoms with E-state index in [0.29, 0.717) is 24.8 Å². The van der Waals surface area contributed by atoms with Crippen LogP contribution in [0.5, 0.6) is 11.5 Å². The molecule has 4 rings (SSSR count). The van der Waals surface area contributed by atoms with E-state index in [4.69, 9.17) is 14.7 Å². The van der Waals surface area contributed by atoms with Gasteiger partial charge in [0.15, 0.2) is 11.5 Å². The second-order valence-electron chi connectivity index (χ2n) is 5.88. The van der Waals surface area contributed by atoms with E-state index in [1.807, 2.05) is 18.2 Å². The average Bonchev–Trinajstić information content (AvgIpc) is 3.44. The first-order valence-corrected chi connectivity index (χ1v) is 7.87. The van der Waals surface area contributed by atoms with E-state index >= 15 is 0 Å². The molecule has 5 nitrogen and oxygen atoms in total. The maximum Gasteiger partial charge on any atom is 0.161 e. The number of hydrogen-bond donors (Lipinski definition) is 1. The first kappa shape index (κ1) is 13.9. The standard InChI is InChI=1S/C18H17N3O2/c19-11-14-2-1-3-17(20-14)21-18(12-4-5-12)13-6-7-15-16(10-13)23-9-8-22-15/h1-3,6-7,10,12,18H,4-5,8-9H2,(H,20,21). The van der Waals surface area contributed by atoms with Crippen molar-refractivity contribution in [2.45, 2.75) is 18.9 Å². The number of hydrogen-bond acceptors (Lipinski definition) is 5. The Bertz CT molecular complexity index is 765. The van der Waals surface area contributed by atoms with E-state index in [1.54, 1.807) is 6.07 Å². The van der Waals surface area contributed by atoms with Crippen molar-refractivity contribution >= 4 is 5.82 Å². The minimum Gasteiger partial charge on any atom is -0.486 e. The number of nitriles is 1. The normalized spacial score (nSPS) is 17.2. The van der Waals surface area contributed by atoms with Crippen molar-refractivity contribution in [2.24, 2.45) is 5.92 Å². The SMILES string of the molecule is N#Cc1cccc(NC(c2ccc3c(c2)OCCO3)C2CC2)n1. The van der Waals surface area contributed by atoms with Gasteiger partial charge in [0.05, 0.1) is 6.04 Å². The number of fused-ring (bicyclic) bond motifs is 1. The highest BCUT2D eigenvalue weighted by Crippen LogP contribution is 2.44. The number of anilines is 1. The monoisotopic (exact) mass is 307 g/mol. The second kappa shape index (κ2) is 5.81. The Labute approximate surface area is 134 Å². The number of pyridine rings is 1. The van der Waals surface area contributed by atoms with Gasteiger partial charge in [0.25, 0.3) is 0 Å². The minimum absolute atomic E-state index is 0.173. The van der Waals surface area contributed by atoms with Crippen LogP contribution in [0.15, 0.2) is 36.4 Å². The molecule has 1 aliphatic heterocycles. The predicted octanol–water partition coefficient (Wildman–Crippen LogP) is 3.29. The highest BCUT2D eigenvalue weighted by atomic mass is 16.6. The molecule has 0 spiro atoms. The molecule has 0 saturated heterocycles. The zero-order valence-electron chi connectivity index (χ0n) is 12.7. The van der Waals surface area contributed by atoms with Crippen molar-refractivity contribution in [3.8, 4) is 17.6 Å². The van der Waals surface area contributed by atoms with Crippen LogP contribution in [0.1, 0.15) is 30.1 Å². The minimum atomic E-state index is 0.173. The van der Waals surface area contributed by atoms with E-state index < -0.39 is 0 Å². The van der Waals surface area contributed by atoms with Crippen LogP contribution in [0.2, 0.25) is 0 Å². The summed E-state index contributed by atoms with van der Waals surface area (Å²) in [5.41, 5.74) is 1.59. The summed E-state index contributed by atoms with van der Waals surface area (Å²) in [4.78, 5) is 4.33. The summed E-state index contributed by atoms with van der Waals surface area (Å²) in [5.74, 6) is 2.93. The Morgan fingerprint density at radius 2 is 1.96 bits per heavy atom. The Morgan fingerprint density at radius 1 is 1.13 bits per heavy atom. The van der Waals surface area contributed by atoms with Gasteiger partial charge in [-0.05, 0) is 48.6 Å². The zero-order valence-corrected chi connectivity index (χ0v) is 12.7. The van der Waals surface area contributed by atoms with Gasteiger partial charge in [-0.25, -0.2) is 4.98 Å². The molecule has 2 aromatic rings. The quantitative estimate of drug-likeness (QED) is 0.939. The maximum absolute atomic E-state index is 9.00. The van der Waals surface area contributed by atoms with Gasteiger partial charge in [0.1, 0.15) is 30.8 Å². The third-order valence-electron chi connectivity index (χ3n) is 4.19. The van der Waals surface area contributed by atoms with Crippen molar-refractivity contribution in [1.82, 2.24) is 4.98 Å². The Hall–Kier alpha value is -2.74. The van der Waals surface area contributed by atoms with Crippen LogP contribution in [0.4, 0.5) is 5.82 Å². The van der Waals surface area contributed by atoms with Crippen molar-refractivity contribution in [1.29, 1.82) is 5.26 Å². The van der Waals surface area contributed by atoms with Gasteiger partial charge in [-0.3, -0.25) is 0 Å². The fourth-order valence-electron chi connectivity index (χ4n) is 2.89. The lowest BCUT2D eigenvalue weighted by Crippen LogP contribution is -2.17. The summed E-state index contributed by atoms with van der Waals surface area (Å²) in [6.07, 6.45) is 2.40. The van der Waals surface area contributed by atoms with Gasteiger partial charge in [0.2, 0.25) is 0 Å². The van der Waals surface area contributed by atoms with Crippen LogP contribution in [0.25, 0.3) is 0 Å². The molecule has 1 aliphatic carbocycles. The maximum atomic E-state index is 9.00. The predicted molar refractivity (Wildman–Crippen MR) is 85.5 cm³/mol. The van der Waals surface area contributed by atoms with Crippen LogP contribution >= 0.6 is 0 Å². The van der Waals surface area contributed by atoms with Crippen molar-refractivity contribution in [3.05, 3.63) is 47.7 Å². The van der Waals surface area contributed by atoms with Gasteiger partial charge >= 0.3 is 0 Å². The molecule has 2 aliphatic rings. The number of nitrogens with zero attached hydrogens (tertiary/aromatic N) is 2. The van der Waals surface area contributed by atoms with E-state index in [0.717, 1.165) is 17.3 Å². The van der Waals surface area contributed by atoms with E-state index in [1.165, 1.54) is 18.4 Å². The van der Waals surface area contributed by atoms with E-state index in [9.17, 15) is 0 Å². The van der Waals surface area contributed by atoms with Crippen LogP contribution in [0, 0.1) is 17.2 Å². The van der Waals surface area contributed by atoms with Gasteiger partial charge in [-0.1, -0.05) is 12.1 Å². The molecule has 5 heteroatoms. The number of ether oxygens (including phenoxy) is 2. The average molecular weight is 307 g/mol. The fraction of sp³-hybridized carbons (Fsp3) is 0.333. The lowest BCUT2D eigenvalue weighted by Gasteiger charge is -2.23. The first-order valence-electron chi connectivity index (χ1n) is 7.87. The number of benzene rings is 1. The van der Waals surface area contributed by atoms with Crippen LogP contribution in [0.3, 0.4) is 0 Å². The van der Waals surface area contributed by atoms with Crippen LogP contribution in [-0.2, 0) is 0 Å². The van der Waals surface area contributed by atoms with Crippen molar-refractivity contribution < 1.29 is 9.47 Å². The first-order chi connectivity index (χ1) is 11.3. The molecule has 1 saturated carbocycles. The molecule has 1 aromatic carbocycles. The largest absolute Gasteiger partial charge is 0.486 e. The molecule has 0 radical (unpaired) electrons. The molecule has 0 bridgehead atoms. The molecule has 1 fully saturated rings. The molecule has 116 valence electrons. The molecule has 1 atom stereocenters. The molecule has 23 heavy (non-hydrogen) atoms. The van der Waals surface area contributed by atoms with E-state index in [2.05, 4.69) is 28.5 Å². The third-order valence-corrected chi connectivity index (χ3v) is 4.19. The lowest BCUT2D eigenvalue weighted by atomic mass is 10.0.